The van der Waals surface area contributed by atoms with Crippen LogP contribution in [0.4, 0.5) is 0 Å². The molecular weight excluding hydrogens is 252 g/mol. The molecule has 0 aliphatic carbocycles. The fourth-order valence-electron chi connectivity index (χ4n) is 1.76. The molecule has 90 valence electrons. The Morgan fingerprint density at radius 3 is 3.00 bits per heavy atom. The normalized spacial score (nSPS) is 10.8. The molecule has 1 aromatic carbocycles. The fourth-order valence-corrected chi connectivity index (χ4v) is 1.94. The summed E-state index contributed by atoms with van der Waals surface area (Å²) in [4.78, 5) is 3.97. The minimum absolute atomic E-state index is 0.333. The number of nitrogens with zero attached hydrogens (tertiary/aromatic N) is 4. The molecule has 18 heavy (non-hydrogen) atoms. The van der Waals surface area contributed by atoms with E-state index in [0.29, 0.717) is 16.6 Å². The van der Waals surface area contributed by atoms with Crippen molar-refractivity contribution in [1.82, 2.24) is 19.6 Å². The second kappa shape index (κ2) is 4.27. The number of halogens is 1. The molecule has 0 spiro atoms. The zero-order valence-corrected chi connectivity index (χ0v) is 10.3. The number of benzene rings is 1. The summed E-state index contributed by atoms with van der Waals surface area (Å²) in [6.07, 6.45) is 3.39. The highest BCUT2D eigenvalue weighted by Crippen LogP contribution is 2.24. The third kappa shape index (κ3) is 1.69. The summed E-state index contributed by atoms with van der Waals surface area (Å²) in [5.41, 5.74) is 1.45. The average Bonchev–Trinajstić information content (AvgIpc) is 2.84. The van der Waals surface area contributed by atoms with Gasteiger partial charge in [-0.3, -0.25) is 4.40 Å². The highest BCUT2D eigenvalue weighted by atomic mass is 35.5. The number of hydrogen-bond donors (Lipinski definition) is 0. The van der Waals surface area contributed by atoms with Gasteiger partial charge in [0.25, 0.3) is 0 Å². The Balaban J connectivity index is 2.22. The summed E-state index contributed by atoms with van der Waals surface area (Å²) < 4.78 is 6.99. The Labute approximate surface area is 108 Å². The molecule has 0 saturated carbocycles. The van der Waals surface area contributed by atoms with Crippen molar-refractivity contribution >= 4 is 17.2 Å². The van der Waals surface area contributed by atoms with Gasteiger partial charge in [0, 0.05) is 18.0 Å². The van der Waals surface area contributed by atoms with Crippen LogP contribution in [-0.2, 0) is 0 Å². The van der Waals surface area contributed by atoms with E-state index >= 15 is 0 Å². The highest BCUT2D eigenvalue weighted by Gasteiger charge is 2.11. The predicted octanol–water partition coefficient (Wildman–Crippen LogP) is 2.45. The maximum atomic E-state index is 5.96. The summed E-state index contributed by atoms with van der Waals surface area (Å²) in [6, 6.07) is 7.61. The lowest BCUT2D eigenvalue weighted by atomic mass is 10.2. The number of hydrogen-bond acceptors (Lipinski definition) is 4. The van der Waals surface area contributed by atoms with Crippen LogP contribution in [0.15, 0.2) is 36.7 Å². The summed E-state index contributed by atoms with van der Waals surface area (Å²) in [7, 11) is 1.63. The van der Waals surface area contributed by atoms with Crippen molar-refractivity contribution in [3.63, 3.8) is 0 Å². The zero-order chi connectivity index (χ0) is 12.5. The second-order valence-electron chi connectivity index (χ2n) is 3.67. The Bertz CT molecular complexity index is 710. The first-order chi connectivity index (χ1) is 8.79. The van der Waals surface area contributed by atoms with E-state index in [-0.39, 0.29) is 0 Å². The van der Waals surface area contributed by atoms with Gasteiger partial charge in [-0.2, -0.15) is 0 Å². The van der Waals surface area contributed by atoms with Crippen LogP contribution in [0.25, 0.3) is 17.0 Å². The number of methoxy groups -OCH3 is 1. The second-order valence-corrected chi connectivity index (χ2v) is 4.03. The van der Waals surface area contributed by atoms with Crippen LogP contribution in [0.2, 0.25) is 5.15 Å². The SMILES string of the molecule is COc1cccc(-c2nnc3c(Cl)nccn23)c1. The molecule has 0 aliphatic heterocycles. The maximum absolute atomic E-state index is 5.96. The molecule has 0 N–H and O–H groups in total. The van der Waals surface area contributed by atoms with Crippen molar-refractivity contribution in [1.29, 1.82) is 0 Å². The van der Waals surface area contributed by atoms with Crippen LogP contribution in [0.5, 0.6) is 5.75 Å². The van der Waals surface area contributed by atoms with Gasteiger partial charge in [-0.25, -0.2) is 4.98 Å². The summed E-state index contributed by atoms with van der Waals surface area (Å²) >= 11 is 5.96. The van der Waals surface area contributed by atoms with E-state index in [1.807, 2.05) is 24.3 Å². The maximum Gasteiger partial charge on any atom is 0.198 e. The molecule has 0 unspecified atom stereocenters. The van der Waals surface area contributed by atoms with Gasteiger partial charge in [-0.05, 0) is 12.1 Å². The van der Waals surface area contributed by atoms with Crippen molar-refractivity contribution in [3.05, 3.63) is 41.8 Å². The van der Waals surface area contributed by atoms with Gasteiger partial charge in [-0.1, -0.05) is 23.7 Å². The minimum Gasteiger partial charge on any atom is -0.497 e. The van der Waals surface area contributed by atoms with Crippen LogP contribution in [-0.4, -0.2) is 26.7 Å². The first kappa shape index (κ1) is 11.0. The predicted molar refractivity (Wildman–Crippen MR) is 67.8 cm³/mol. The lowest BCUT2D eigenvalue weighted by molar-refractivity contribution is 0.415. The van der Waals surface area contributed by atoms with Gasteiger partial charge in [0.15, 0.2) is 16.6 Å². The molecule has 0 atom stereocenters. The lowest BCUT2D eigenvalue weighted by Crippen LogP contribution is -1.91. The van der Waals surface area contributed by atoms with Gasteiger partial charge in [0.05, 0.1) is 7.11 Å². The topological polar surface area (TPSA) is 52.3 Å². The van der Waals surface area contributed by atoms with Gasteiger partial charge in [0.2, 0.25) is 0 Å². The highest BCUT2D eigenvalue weighted by molar-refractivity contribution is 6.32. The first-order valence-electron chi connectivity index (χ1n) is 5.29. The van der Waals surface area contributed by atoms with Gasteiger partial charge < -0.3 is 4.74 Å². The van der Waals surface area contributed by atoms with Crippen LogP contribution in [0, 0.1) is 0 Å². The van der Waals surface area contributed by atoms with Crippen molar-refractivity contribution in [3.8, 4) is 17.1 Å². The largest absolute Gasteiger partial charge is 0.497 e. The molecule has 5 nitrogen and oxygen atoms in total. The van der Waals surface area contributed by atoms with Gasteiger partial charge in [-0.15, -0.1) is 10.2 Å². The van der Waals surface area contributed by atoms with Gasteiger partial charge in [0.1, 0.15) is 5.75 Å². The smallest absolute Gasteiger partial charge is 0.198 e. The summed E-state index contributed by atoms with van der Waals surface area (Å²) in [5.74, 6) is 1.47. The Morgan fingerprint density at radius 1 is 1.28 bits per heavy atom. The quantitative estimate of drug-likeness (QED) is 0.710. The van der Waals surface area contributed by atoms with E-state index in [1.54, 1.807) is 23.9 Å². The molecule has 0 bridgehead atoms. The van der Waals surface area contributed by atoms with E-state index in [1.165, 1.54) is 0 Å². The third-order valence-corrected chi connectivity index (χ3v) is 2.88. The number of fused-ring (bicyclic) bond motifs is 1. The molecule has 3 rings (SSSR count). The molecule has 0 fully saturated rings. The Morgan fingerprint density at radius 2 is 2.17 bits per heavy atom. The molecule has 0 radical (unpaired) electrons. The van der Waals surface area contributed by atoms with E-state index < -0.39 is 0 Å². The number of ether oxygens (including phenoxy) is 1. The van der Waals surface area contributed by atoms with E-state index in [9.17, 15) is 0 Å². The molecule has 0 saturated heterocycles. The molecular formula is C12H9ClN4O. The van der Waals surface area contributed by atoms with Crippen LogP contribution < -0.4 is 4.74 Å². The van der Waals surface area contributed by atoms with Gasteiger partial charge >= 0.3 is 0 Å². The molecule has 3 aromatic rings. The van der Waals surface area contributed by atoms with Crippen molar-refractivity contribution in [2.75, 3.05) is 7.11 Å². The van der Waals surface area contributed by atoms with Crippen LogP contribution in [0.3, 0.4) is 0 Å². The minimum atomic E-state index is 0.333. The van der Waals surface area contributed by atoms with Crippen molar-refractivity contribution in [2.24, 2.45) is 0 Å². The van der Waals surface area contributed by atoms with Crippen molar-refractivity contribution < 1.29 is 4.74 Å². The molecule has 0 aliphatic rings. The summed E-state index contributed by atoms with van der Waals surface area (Å²) in [5, 5.41) is 8.50. The molecule has 0 amide bonds. The monoisotopic (exact) mass is 260 g/mol. The van der Waals surface area contributed by atoms with E-state index in [4.69, 9.17) is 16.3 Å². The number of aromatic nitrogens is 4. The number of rotatable bonds is 2. The van der Waals surface area contributed by atoms with Crippen LogP contribution in [0.1, 0.15) is 0 Å². The zero-order valence-electron chi connectivity index (χ0n) is 9.54. The van der Waals surface area contributed by atoms with Crippen LogP contribution >= 0.6 is 11.6 Å². The fraction of sp³-hybridized carbons (Fsp3) is 0.0833. The van der Waals surface area contributed by atoms with Crippen molar-refractivity contribution in [2.45, 2.75) is 0 Å². The molecule has 2 aromatic heterocycles. The molecule has 2 heterocycles. The van der Waals surface area contributed by atoms with E-state index in [0.717, 1.165) is 11.3 Å². The summed E-state index contributed by atoms with van der Waals surface area (Å²) in [6.45, 7) is 0. The Kier molecular flexibility index (Phi) is 2.60. The lowest BCUT2D eigenvalue weighted by Gasteiger charge is -2.03. The van der Waals surface area contributed by atoms with E-state index in [2.05, 4.69) is 15.2 Å². The first-order valence-corrected chi connectivity index (χ1v) is 5.67. The Hall–Kier alpha value is -2.14. The third-order valence-electron chi connectivity index (χ3n) is 2.61. The average molecular weight is 261 g/mol. The molecule has 6 heteroatoms. The standard InChI is InChI=1S/C12H9ClN4O/c1-18-9-4-2-3-8(7-9)11-15-16-12-10(13)14-5-6-17(11)12/h2-7H,1H3.